The van der Waals surface area contributed by atoms with E-state index in [0.29, 0.717) is 0 Å². The average molecular weight is 285 g/mol. The Morgan fingerprint density at radius 3 is 2.19 bits per heavy atom. The first-order chi connectivity index (χ1) is 9.66. The van der Waals surface area contributed by atoms with Gasteiger partial charge in [0.2, 0.25) is 0 Å². The number of nitrogens with zero attached hydrogens (tertiary/aromatic N) is 1. The highest BCUT2D eigenvalue weighted by Gasteiger charge is 2.18. The first kappa shape index (κ1) is 17.6. The maximum absolute atomic E-state index is 4.17. The van der Waals surface area contributed by atoms with Crippen LogP contribution in [0, 0.1) is 0 Å². The molecular weight excluding hydrogens is 254 g/mol. The number of hydrogen-bond donors (Lipinski definition) is 0. The molecule has 1 nitrogen and oxygen atoms in total. The second kappa shape index (κ2) is 6.98. The molecule has 0 aromatic heterocycles. The predicted octanol–water partition coefficient (Wildman–Crippen LogP) is 5.85. The molecule has 0 aliphatic rings. The van der Waals surface area contributed by atoms with Crippen molar-refractivity contribution in [1.29, 1.82) is 0 Å². The summed E-state index contributed by atoms with van der Waals surface area (Å²) in [7, 11) is 0. The van der Waals surface area contributed by atoms with Gasteiger partial charge in [-0.3, -0.25) is 0 Å². The van der Waals surface area contributed by atoms with E-state index in [-0.39, 0.29) is 5.41 Å². The van der Waals surface area contributed by atoms with E-state index in [1.165, 1.54) is 22.4 Å². The van der Waals surface area contributed by atoms with Gasteiger partial charge in [-0.15, -0.1) is 6.58 Å². The summed E-state index contributed by atoms with van der Waals surface area (Å²) in [5.74, 6) is 0. The zero-order valence-electron chi connectivity index (χ0n) is 14.7. The number of aryl methyl sites for hydroxylation is 1. The van der Waals surface area contributed by atoms with Crippen LogP contribution >= 0.6 is 0 Å². The van der Waals surface area contributed by atoms with Crippen LogP contribution < -0.4 is 4.90 Å². The lowest BCUT2D eigenvalue weighted by molar-refractivity contribution is 0.589. The zero-order chi connectivity index (χ0) is 16.2. The van der Waals surface area contributed by atoms with Crippen LogP contribution in [-0.4, -0.2) is 6.54 Å². The van der Waals surface area contributed by atoms with Crippen LogP contribution in [0.5, 0.6) is 0 Å². The highest BCUT2D eigenvalue weighted by atomic mass is 15.1. The van der Waals surface area contributed by atoms with Gasteiger partial charge in [-0.1, -0.05) is 52.0 Å². The Morgan fingerprint density at radius 2 is 1.76 bits per heavy atom. The van der Waals surface area contributed by atoms with Gasteiger partial charge in [-0.2, -0.15) is 0 Å². The third kappa shape index (κ3) is 4.77. The molecule has 1 aromatic carbocycles. The van der Waals surface area contributed by atoms with Gasteiger partial charge in [0, 0.05) is 17.9 Å². The molecule has 1 rings (SSSR count). The molecule has 0 atom stereocenters. The van der Waals surface area contributed by atoms with E-state index < -0.39 is 0 Å². The number of anilines is 1. The summed E-state index contributed by atoms with van der Waals surface area (Å²) in [6.07, 6.45) is 2.03. The Morgan fingerprint density at radius 1 is 1.14 bits per heavy atom. The van der Waals surface area contributed by atoms with Crippen molar-refractivity contribution in [3.05, 3.63) is 53.8 Å². The molecule has 0 heterocycles. The summed E-state index contributed by atoms with van der Waals surface area (Å²) >= 11 is 0. The van der Waals surface area contributed by atoms with E-state index in [4.69, 9.17) is 0 Å². The summed E-state index contributed by atoms with van der Waals surface area (Å²) in [6, 6.07) is 6.87. The minimum absolute atomic E-state index is 0.163. The zero-order valence-corrected chi connectivity index (χ0v) is 14.7. The molecule has 0 saturated heterocycles. The molecule has 1 heteroatoms. The second-order valence-electron chi connectivity index (χ2n) is 7.04. The van der Waals surface area contributed by atoms with Gasteiger partial charge in [0.1, 0.15) is 0 Å². The van der Waals surface area contributed by atoms with Gasteiger partial charge < -0.3 is 4.90 Å². The first-order valence-electron chi connectivity index (χ1n) is 7.87. The van der Waals surface area contributed by atoms with Crippen molar-refractivity contribution in [2.75, 3.05) is 11.4 Å². The fraction of sp³-hybridized carbons (Fsp3) is 0.500. The molecule has 116 valence electrons. The van der Waals surface area contributed by atoms with Crippen LogP contribution in [0.2, 0.25) is 0 Å². The largest absolute Gasteiger partial charge is 0.345 e. The molecule has 0 N–H and O–H groups in total. The van der Waals surface area contributed by atoms with Crippen LogP contribution in [0.1, 0.15) is 59.1 Å². The summed E-state index contributed by atoms with van der Waals surface area (Å²) in [4.78, 5) is 2.34. The lowest BCUT2D eigenvalue weighted by Gasteiger charge is -2.30. The number of benzene rings is 1. The lowest BCUT2D eigenvalue weighted by atomic mass is 9.85. The van der Waals surface area contributed by atoms with E-state index in [1.807, 2.05) is 0 Å². The fourth-order valence-electron chi connectivity index (χ4n) is 2.40. The van der Waals surface area contributed by atoms with Crippen LogP contribution in [0.25, 0.3) is 0 Å². The van der Waals surface area contributed by atoms with Crippen molar-refractivity contribution >= 4 is 5.69 Å². The topological polar surface area (TPSA) is 3.24 Å². The quantitative estimate of drug-likeness (QED) is 0.592. The Bertz CT molecular complexity index is 517. The van der Waals surface area contributed by atoms with Crippen molar-refractivity contribution < 1.29 is 0 Å². The number of hydrogen-bond acceptors (Lipinski definition) is 1. The molecule has 0 aliphatic heterocycles. The molecule has 21 heavy (non-hydrogen) atoms. The minimum Gasteiger partial charge on any atom is -0.345 e. The average Bonchev–Trinajstić information content (AvgIpc) is 2.36. The van der Waals surface area contributed by atoms with Crippen molar-refractivity contribution in [2.45, 2.75) is 59.8 Å². The maximum atomic E-state index is 4.17. The Labute approximate surface area is 131 Å². The standard InChI is InChI=1S/C20H31N/c1-9-17-10-11-18(20(6,7)8)14-19(17)21(16(4)5)13-12-15(2)3/h10-11,14H,2,4,9,12-13H2,1,3,5-8H3. The molecule has 1 aromatic rings. The predicted molar refractivity (Wildman–Crippen MR) is 96.1 cm³/mol. The van der Waals surface area contributed by atoms with Crippen molar-refractivity contribution in [3.8, 4) is 0 Å². The maximum Gasteiger partial charge on any atom is 0.0443 e. The third-order valence-electron chi connectivity index (χ3n) is 3.85. The Hall–Kier alpha value is -1.50. The summed E-state index contributed by atoms with van der Waals surface area (Å²) in [5, 5.41) is 0. The molecule has 0 amide bonds. The van der Waals surface area contributed by atoms with E-state index >= 15 is 0 Å². The second-order valence-corrected chi connectivity index (χ2v) is 7.04. The third-order valence-corrected chi connectivity index (χ3v) is 3.85. The minimum atomic E-state index is 0.163. The van der Waals surface area contributed by atoms with E-state index in [1.54, 1.807) is 0 Å². The van der Waals surface area contributed by atoms with Crippen molar-refractivity contribution in [2.24, 2.45) is 0 Å². The van der Waals surface area contributed by atoms with E-state index in [9.17, 15) is 0 Å². The van der Waals surface area contributed by atoms with Gasteiger partial charge in [0.05, 0.1) is 0 Å². The number of allylic oxidation sites excluding steroid dienone is 1. The summed E-state index contributed by atoms with van der Waals surface area (Å²) in [5.41, 5.74) is 6.53. The van der Waals surface area contributed by atoms with Crippen LogP contribution in [-0.2, 0) is 11.8 Å². The monoisotopic (exact) mass is 285 g/mol. The SMILES string of the molecule is C=C(C)CCN(C(=C)C)c1cc(C(C)(C)C)ccc1CC. The molecule has 0 aliphatic carbocycles. The lowest BCUT2D eigenvalue weighted by Crippen LogP contribution is -2.24. The molecule has 0 radical (unpaired) electrons. The van der Waals surface area contributed by atoms with Crippen molar-refractivity contribution in [3.63, 3.8) is 0 Å². The van der Waals surface area contributed by atoms with Gasteiger partial charge >= 0.3 is 0 Å². The fourth-order valence-corrected chi connectivity index (χ4v) is 2.40. The van der Waals surface area contributed by atoms with E-state index in [2.05, 4.69) is 77.8 Å². The Balaban J connectivity index is 3.27. The highest BCUT2D eigenvalue weighted by molar-refractivity contribution is 5.60. The molecule has 0 bridgehead atoms. The molecule has 0 spiro atoms. The molecule has 0 fully saturated rings. The molecule has 0 saturated carbocycles. The van der Waals surface area contributed by atoms with Gasteiger partial charge in [-0.05, 0) is 49.3 Å². The number of rotatable bonds is 6. The molecular formula is C20H31N. The smallest absolute Gasteiger partial charge is 0.0443 e. The normalized spacial score (nSPS) is 11.3. The summed E-state index contributed by atoms with van der Waals surface area (Å²) in [6.45, 7) is 22.3. The van der Waals surface area contributed by atoms with E-state index in [0.717, 1.165) is 25.1 Å². The van der Waals surface area contributed by atoms with Crippen LogP contribution in [0.3, 0.4) is 0 Å². The van der Waals surface area contributed by atoms with Crippen LogP contribution in [0.4, 0.5) is 5.69 Å². The van der Waals surface area contributed by atoms with Gasteiger partial charge in [0.15, 0.2) is 0 Å². The van der Waals surface area contributed by atoms with Crippen molar-refractivity contribution in [1.82, 2.24) is 0 Å². The van der Waals surface area contributed by atoms with Crippen LogP contribution in [0.15, 0.2) is 42.6 Å². The first-order valence-corrected chi connectivity index (χ1v) is 7.87. The van der Waals surface area contributed by atoms with Gasteiger partial charge in [0.25, 0.3) is 0 Å². The summed E-state index contributed by atoms with van der Waals surface area (Å²) < 4.78 is 0. The van der Waals surface area contributed by atoms with Gasteiger partial charge in [-0.25, -0.2) is 0 Å². The Kier molecular flexibility index (Phi) is 5.83. The molecule has 0 unspecified atom stereocenters. The highest BCUT2D eigenvalue weighted by Crippen LogP contribution is 2.31.